The predicted molar refractivity (Wildman–Crippen MR) is 117 cm³/mol. The molecule has 1 aliphatic rings. The molecule has 7 heteroatoms. The van der Waals surface area contributed by atoms with Gasteiger partial charge in [-0.2, -0.15) is 0 Å². The van der Waals surface area contributed by atoms with Gasteiger partial charge in [0.15, 0.2) is 5.96 Å². The molecule has 1 saturated carbocycles. The third kappa shape index (κ3) is 10.5. The maximum atomic E-state index is 11.9. The molecule has 0 aliphatic heterocycles. The minimum absolute atomic E-state index is 0. The maximum Gasteiger partial charge on any atom is 0.328 e. The quantitative estimate of drug-likeness (QED) is 0.173. The van der Waals surface area contributed by atoms with E-state index in [0.717, 1.165) is 32.7 Å². The molecule has 1 fully saturated rings. The zero-order valence-electron chi connectivity index (χ0n) is 17.2. The van der Waals surface area contributed by atoms with Gasteiger partial charge in [-0.05, 0) is 59.3 Å². The molecule has 0 atom stereocenters. The molecule has 0 aromatic rings. The average Bonchev–Trinajstić information content (AvgIpc) is 2.98. The molecule has 0 aromatic carbocycles. The number of carbonyl (C=O) groups excluding carboxylic acids is 1. The Bertz CT molecular complexity index is 430. The molecular weight excluding hydrogens is 445 g/mol. The van der Waals surface area contributed by atoms with Gasteiger partial charge in [0.05, 0.1) is 0 Å². The van der Waals surface area contributed by atoms with E-state index in [0.29, 0.717) is 5.96 Å². The summed E-state index contributed by atoms with van der Waals surface area (Å²) in [7, 11) is 0. The molecule has 0 radical (unpaired) electrons. The normalized spacial score (nSPS) is 16.7. The SMILES string of the molecule is CCNC(=NCC(=O)OC(C)(C)C)NCC1(CCOCC)CCCC1.I. The molecule has 6 nitrogen and oxygen atoms in total. The van der Waals surface area contributed by atoms with Gasteiger partial charge in [-0.3, -0.25) is 4.79 Å². The smallest absolute Gasteiger partial charge is 0.328 e. The maximum absolute atomic E-state index is 11.9. The van der Waals surface area contributed by atoms with Crippen molar-refractivity contribution in [3.8, 4) is 0 Å². The first kappa shape index (κ1) is 25.4. The molecular formula is C19H38IN3O3. The van der Waals surface area contributed by atoms with Gasteiger partial charge in [-0.15, -0.1) is 24.0 Å². The minimum atomic E-state index is -0.481. The second kappa shape index (κ2) is 12.8. The number of nitrogens with one attached hydrogen (secondary N) is 2. The van der Waals surface area contributed by atoms with Gasteiger partial charge in [0, 0.05) is 26.3 Å². The van der Waals surface area contributed by atoms with Gasteiger partial charge in [-0.25, -0.2) is 4.99 Å². The van der Waals surface area contributed by atoms with Crippen LogP contribution in [0.15, 0.2) is 4.99 Å². The van der Waals surface area contributed by atoms with Gasteiger partial charge in [0.2, 0.25) is 0 Å². The van der Waals surface area contributed by atoms with Gasteiger partial charge < -0.3 is 20.1 Å². The largest absolute Gasteiger partial charge is 0.459 e. The lowest BCUT2D eigenvalue weighted by molar-refractivity contribution is -0.152. The van der Waals surface area contributed by atoms with E-state index in [1.807, 2.05) is 34.6 Å². The number of aliphatic imine (C=N–C) groups is 1. The molecule has 26 heavy (non-hydrogen) atoms. The third-order valence-corrected chi connectivity index (χ3v) is 4.41. The molecule has 2 N–H and O–H groups in total. The summed E-state index contributed by atoms with van der Waals surface area (Å²) in [5.41, 5.74) is -0.206. The number of hydrogen-bond acceptors (Lipinski definition) is 4. The minimum Gasteiger partial charge on any atom is -0.459 e. The van der Waals surface area contributed by atoms with E-state index in [-0.39, 0.29) is 41.9 Å². The number of rotatable bonds is 9. The van der Waals surface area contributed by atoms with Crippen molar-refractivity contribution in [1.82, 2.24) is 10.6 Å². The van der Waals surface area contributed by atoms with Crippen molar-refractivity contribution in [3.05, 3.63) is 0 Å². The lowest BCUT2D eigenvalue weighted by atomic mass is 9.83. The Labute approximate surface area is 176 Å². The van der Waals surface area contributed by atoms with Gasteiger partial charge in [0.1, 0.15) is 12.1 Å². The van der Waals surface area contributed by atoms with E-state index in [1.54, 1.807) is 0 Å². The first-order chi connectivity index (χ1) is 11.8. The van der Waals surface area contributed by atoms with Crippen molar-refractivity contribution in [2.24, 2.45) is 10.4 Å². The van der Waals surface area contributed by atoms with E-state index in [4.69, 9.17) is 9.47 Å². The van der Waals surface area contributed by atoms with Gasteiger partial charge in [0.25, 0.3) is 0 Å². The molecule has 1 rings (SSSR count). The molecule has 1 aliphatic carbocycles. The molecule has 0 aromatic heterocycles. The lowest BCUT2D eigenvalue weighted by Gasteiger charge is -2.30. The Morgan fingerprint density at radius 3 is 2.35 bits per heavy atom. The molecule has 0 spiro atoms. The number of hydrogen-bond donors (Lipinski definition) is 2. The van der Waals surface area contributed by atoms with Crippen LogP contribution in [0.3, 0.4) is 0 Å². The summed E-state index contributed by atoms with van der Waals surface area (Å²) in [6, 6.07) is 0. The number of ether oxygens (including phenoxy) is 2. The zero-order valence-corrected chi connectivity index (χ0v) is 19.5. The van der Waals surface area contributed by atoms with Crippen LogP contribution in [0.25, 0.3) is 0 Å². The van der Waals surface area contributed by atoms with E-state index >= 15 is 0 Å². The highest BCUT2D eigenvalue weighted by Gasteiger charge is 2.33. The molecule has 0 bridgehead atoms. The van der Waals surface area contributed by atoms with Crippen LogP contribution in [0.2, 0.25) is 0 Å². The second-order valence-corrected chi connectivity index (χ2v) is 7.79. The summed E-state index contributed by atoms with van der Waals surface area (Å²) in [6.45, 7) is 12.9. The van der Waals surface area contributed by atoms with Crippen molar-refractivity contribution in [2.75, 3.05) is 32.8 Å². The molecule has 0 heterocycles. The number of esters is 1. The monoisotopic (exact) mass is 483 g/mol. The van der Waals surface area contributed by atoms with Crippen LogP contribution in [-0.4, -0.2) is 50.4 Å². The fourth-order valence-electron chi connectivity index (χ4n) is 3.20. The highest BCUT2D eigenvalue weighted by molar-refractivity contribution is 14.0. The molecule has 0 unspecified atom stereocenters. The highest BCUT2D eigenvalue weighted by Crippen LogP contribution is 2.40. The van der Waals surface area contributed by atoms with E-state index in [2.05, 4.69) is 15.6 Å². The fraction of sp³-hybridized carbons (Fsp3) is 0.895. The summed E-state index contributed by atoms with van der Waals surface area (Å²) in [5, 5.41) is 6.63. The summed E-state index contributed by atoms with van der Waals surface area (Å²) in [4.78, 5) is 16.2. The Kier molecular flexibility index (Phi) is 12.5. The van der Waals surface area contributed by atoms with Crippen LogP contribution in [0, 0.1) is 5.41 Å². The van der Waals surface area contributed by atoms with Gasteiger partial charge >= 0.3 is 5.97 Å². The Hall–Kier alpha value is -0.570. The second-order valence-electron chi connectivity index (χ2n) is 7.79. The number of carbonyl (C=O) groups is 1. The summed E-state index contributed by atoms with van der Waals surface area (Å²) in [5.74, 6) is 0.368. The summed E-state index contributed by atoms with van der Waals surface area (Å²) < 4.78 is 10.9. The standard InChI is InChI=1S/C19H37N3O3.HI/c1-6-20-17(21-14-16(23)25-18(3,4)5)22-15-19(10-8-9-11-19)12-13-24-7-2;/h6-15H2,1-5H3,(H2,20,21,22);1H. The number of nitrogens with zero attached hydrogens (tertiary/aromatic N) is 1. The van der Waals surface area contributed by atoms with Crippen LogP contribution in [0.4, 0.5) is 0 Å². The van der Waals surface area contributed by atoms with Gasteiger partial charge in [-0.1, -0.05) is 12.8 Å². The number of guanidine groups is 1. The van der Waals surface area contributed by atoms with E-state index < -0.39 is 5.60 Å². The summed E-state index contributed by atoms with van der Waals surface area (Å²) in [6.07, 6.45) is 6.06. The molecule has 0 saturated heterocycles. The van der Waals surface area contributed by atoms with Crippen LogP contribution in [-0.2, 0) is 14.3 Å². The fourth-order valence-corrected chi connectivity index (χ4v) is 3.20. The Balaban J connectivity index is 0.00000625. The predicted octanol–water partition coefficient (Wildman–Crippen LogP) is 3.49. The van der Waals surface area contributed by atoms with Crippen molar-refractivity contribution in [2.45, 2.75) is 72.3 Å². The lowest BCUT2D eigenvalue weighted by Crippen LogP contribution is -2.43. The first-order valence-corrected chi connectivity index (χ1v) is 9.62. The van der Waals surface area contributed by atoms with Crippen molar-refractivity contribution in [1.29, 1.82) is 0 Å². The number of halogens is 1. The Morgan fingerprint density at radius 2 is 1.81 bits per heavy atom. The van der Waals surface area contributed by atoms with Crippen LogP contribution in [0.1, 0.15) is 66.7 Å². The first-order valence-electron chi connectivity index (χ1n) is 9.62. The zero-order chi connectivity index (χ0) is 18.8. The van der Waals surface area contributed by atoms with E-state index in [9.17, 15) is 4.79 Å². The highest BCUT2D eigenvalue weighted by atomic mass is 127. The third-order valence-electron chi connectivity index (χ3n) is 4.41. The van der Waals surface area contributed by atoms with Crippen molar-refractivity contribution < 1.29 is 14.3 Å². The topological polar surface area (TPSA) is 72.0 Å². The van der Waals surface area contributed by atoms with Crippen LogP contribution >= 0.6 is 24.0 Å². The molecule has 154 valence electrons. The summed E-state index contributed by atoms with van der Waals surface area (Å²) >= 11 is 0. The van der Waals surface area contributed by atoms with Crippen molar-refractivity contribution >= 4 is 35.9 Å². The van der Waals surface area contributed by atoms with Crippen LogP contribution < -0.4 is 10.6 Å². The van der Waals surface area contributed by atoms with E-state index in [1.165, 1.54) is 25.7 Å². The average molecular weight is 483 g/mol. The Morgan fingerprint density at radius 1 is 1.15 bits per heavy atom. The van der Waals surface area contributed by atoms with Crippen molar-refractivity contribution in [3.63, 3.8) is 0 Å². The van der Waals surface area contributed by atoms with Crippen LogP contribution in [0.5, 0.6) is 0 Å². The molecule has 0 amide bonds.